The first kappa shape index (κ1) is 20.5. The van der Waals surface area contributed by atoms with Crippen molar-refractivity contribution in [2.75, 3.05) is 0 Å². The van der Waals surface area contributed by atoms with Crippen molar-refractivity contribution in [3.8, 4) is 0 Å². The summed E-state index contributed by atoms with van der Waals surface area (Å²) in [4.78, 5) is 0. The van der Waals surface area contributed by atoms with Crippen LogP contribution in [0, 0.1) is 34.0 Å². The first-order valence-corrected chi connectivity index (χ1v) is 13.3. The summed E-state index contributed by atoms with van der Waals surface area (Å²) >= 11 is 0. The lowest BCUT2D eigenvalue weighted by molar-refractivity contribution is -0.120. The molecular weight excluding hydrogens is 376 g/mol. The zero-order valence-electron chi connectivity index (χ0n) is 19.9. The molecule has 6 aliphatic carbocycles. The molecule has 31 heavy (non-hydrogen) atoms. The van der Waals surface area contributed by atoms with E-state index in [2.05, 4.69) is 44.7 Å². The Morgan fingerprint density at radius 2 is 1.81 bits per heavy atom. The molecular formula is C30H42O. The van der Waals surface area contributed by atoms with Crippen LogP contribution in [0.3, 0.4) is 0 Å². The highest BCUT2D eigenvalue weighted by Crippen LogP contribution is 2.74. The van der Waals surface area contributed by atoms with E-state index in [0.717, 1.165) is 6.42 Å². The van der Waals surface area contributed by atoms with Gasteiger partial charge in [0.05, 0.1) is 5.60 Å². The number of aliphatic hydroxyl groups is 1. The van der Waals surface area contributed by atoms with Crippen molar-refractivity contribution in [3.05, 3.63) is 47.6 Å². The zero-order chi connectivity index (χ0) is 21.5. The fourth-order valence-corrected chi connectivity index (χ4v) is 10.1. The Labute approximate surface area is 189 Å². The van der Waals surface area contributed by atoms with Crippen LogP contribution in [0.5, 0.6) is 0 Å². The Morgan fingerprint density at radius 3 is 2.58 bits per heavy atom. The maximum atomic E-state index is 12.4. The van der Waals surface area contributed by atoms with E-state index in [1.165, 1.54) is 88.2 Å². The maximum absolute atomic E-state index is 12.4. The highest BCUT2D eigenvalue weighted by atomic mass is 16.3. The molecule has 0 aromatic heterocycles. The molecule has 6 atom stereocenters. The predicted octanol–water partition coefficient (Wildman–Crippen LogP) is 7.68. The van der Waals surface area contributed by atoms with Gasteiger partial charge in [0.2, 0.25) is 0 Å². The van der Waals surface area contributed by atoms with Crippen LogP contribution >= 0.6 is 0 Å². The summed E-state index contributed by atoms with van der Waals surface area (Å²) in [6, 6.07) is 0. The fraction of sp³-hybridized carbons (Fsp3) is 0.733. The molecule has 0 amide bonds. The Kier molecular flexibility index (Phi) is 4.45. The summed E-state index contributed by atoms with van der Waals surface area (Å²) in [6.07, 6.45) is 26.5. The summed E-state index contributed by atoms with van der Waals surface area (Å²) in [6.45, 7) is 8.93. The monoisotopic (exact) mass is 418 g/mol. The summed E-state index contributed by atoms with van der Waals surface area (Å²) in [5.41, 5.74) is 4.98. The van der Waals surface area contributed by atoms with Crippen LogP contribution in [-0.2, 0) is 0 Å². The summed E-state index contributed by atoms with van der Waals surface area (Å²) in [5, 5.41) is 12.4. The first-order chi connectivity index (χ1) is 14.9. The van der Waals surface area contributed by atoms with E-state index in [4.69, 9.17) is 0 Å². The van der Waals surface area contributed by atoms with E-state index in [-0.39, 0.29) is 10.8 Å². The van der Waals surface area contributed by atoms with E-state index in [0.29, 0.717) is 23.2 Å². The lowest BCUT2D eigenvalue weighted by Crippen LogP contribution is -2.55. The van der Waals surface area contributed by atoms with Crippen molar-refractivity contribution in [2.45, 2.75) is 103 Å². The smallest absolute Gasteiger partial charge is 0.0737 e. The van der Waals surface area contributed by atoms with E-state index in [1.54, 1.807) is 5.57 Å². The van der Waals surface area contributed by atoms with Gasteiger partial charge in [-0.05, 0) is 108 Å². The van der Waals surface area contributed by atoms with Gasteiger partial charge in [-0.15, -0.1) is 0 Å². The number of rotatable bonds is 2. The van der Waals surface area contributed by atoms with Gasteiger partial charge in [-0.3, -0.25) is 0 Å². The van der Waals surface area contributed by atoms with Gasteiger partial charge in [-0.25, -0.2) is 0 Å². The van der Waals surface area contributed by atoms with Crippen LogP contribution in [0.1, 0.15) is 97.3 Å². The molecule has 0 aliphatic heterocycles. The molecule has 1 N–H and O–H groups in total. The Bertz CT molecular complexity index is 877. The first-order valence-electron chi connectivity index (χ1n) is 13.3. The Hall–Kier alpha value is -1.08. The average Bonchev–Trinajstić information content (AvgIpc) is 3.46. The largest absolute Gasteiger partial charge is 0.389 e. The molecule has 1 heteroatoms. The molecule has 4 fully saturated rings. The maximum Gasteiger partial charge on any atom is 0.0737 e. The van der Waals surface area contributed by atoms with E-state index >= 15 is 0 Å². The van der Waals surface area contributed by atoms with Crippen LogP contribution < -0.4 is 0 Å². The van der Waals surface area contributed by atoms with Crippen molar-refractivity contribution in [3.63, 3.8) is 0 Å². The second-order valence-corrected chi connectivity index (χ2v) is 12.5. The molecule has 1 nitrogen and oxygen atoms in total. The lowest BCUT2D eigenvalue weighted by atomic mass is 9.44. The van der Waals surface area contributed by atoms with Gasteiger partial charge >= 0.3 is 0 Å². The van der Waals surface area contributed by atoms with Crippen molar-refractivity contribution in [1.82, 2.24) is 0 Å². The standard InChI is InChI=1S/C30H42O/c1-21(2)23-10-18-28-15-6-8-24-25(30(31)16-7-14-27(30)12-4-5-13-27)11-19-29(24,28)17-9-22(3)26(28)20-23/h6,8-9,17,23-25,31H,1,4-5,7,10-16,18-20H2,2-3H3/t23-,24-,25+,28-,29-,30-/m1/s1. The Morgan fingerprint density at radius 1 is 1.03 bits per heavy atom. The van der Waals surface area contributed by atoms with Crippen LogP contribution in [0.25, 0.3) is 0 Å². The summed E-state index contributed by atoms with van der Waals surface area (Å²) in [7, 11) is 0. The lowest BCUT2D eigenvalue weighted by Gasteiger charge is -2.60. The van der Waals surface area contributed by atoms with Crippen LogP contribution in [0.15, 0.2) is 47.6 Å². The normalized spacial score (nSPS) is 47.5. The topological polar surface area (TPSA) is 20.2 Å². The fourth-order valence-electron chi connectivity index (χ4n) is 10.1. The molecule has 6 rings (SSSR count). The number of hydrogen-bond donors (Lipinski definition) is 1. The SMILES string of the molecule is C=C(C)[C@@H]1CC[C@@]23CC=C[C@@H]4[C@@H]([C@]5(O)CCCC56CCCC6)CC[C@]42C=CC(C)=C3C1. The summed E-state index contributed by atoms with van der Waals surface area (Å²) in [5.74, 6) is 1.62. The average molecular weight is 419 g/mol. The predicted molar refractivity (Wildman–Crippen MR) is 129 cm³/mol. The Balaban J connectivity index is 1.42. The zero-order valence-corrected chi connectivity index (χ0v) is 19.9. The molecule has 0 aromatic rings. The third-order valence-corrected chi connectivity index (χ3v) is 11.7. The molecule has 0 unspecified atom stereocenters. The highest BCUT2D eigenvalue weighted by molar-refractivity contribution is 5.45. The van der Waals surface area contributed by atoms with Gasteiger partial charge in [0, 0.05) is 10.8 Å². The second kappa shape index (κ2) is 6.72. The molecule has 6 aliphatic rings. The molecule has 0 heterocycles. The van der Waals surface area contributed by atoms with Crippen LogP contribution in [0.4, 0.5) is 0 Å². The van der Waals surface area contributed by atoms with E-state index in [1.807, 2.05) is 0 Å². The third-order valence-electron chi connectivity index (χ3n) is 11.7. The minimum atomic E-state index is -0.431. The van der Waals surface area contributed by atoms with Gasteiger partial charge in [0.1, 0.15) is 0 Å². The minimum absolute atomic E-state index is 0.228. The van der Waals surface area contributed by atoms with Crippen molar-refractivity contribution in [1.29, 1.82) is 0 Å². The molecule has 0 bridgehead atoms. The molecule has 0 aromatic carbocycles. The van der Waals surface area contributed by atoms with E-state index in [9.17, 15) is 5.11 Å². The van der Waals surface area contributed by atoms with E-state index < -0.39 is 5.60 Å². The third kappa shape index (κ3) is 2.43. The van der Waals surface area contributed by atoms with Crippen molar-refractivity contribution in [2.24, 2.45) is 34.0 Å². The van der Waals surface area contributed by atoms with Gasteiger partial charge < -0.3 is 5.11 Å². The van der Waals surface area contributed by atoms with Crippen LogP contribution in [0.2, 0.25) is 0 Å². The minimum Gasteiger partial charge on any atom is -0.389 e. The van der Waals surface area contributed by atoms with Gasteiger partial charge in [0.15, 0.2) is 0 Å². The molecule has 0 saturated heterocycles. The molecule has 3 spiro atoms. The molecule has 4 saturated carbocycles. The van der Waals surface area contributed by atoms with Crippen molar-refractivity contribution >= 4 is 0 Å². The van der Waals surface area contributed by atoms with Gasteiger partial charge in [0.25, 0.3) is 0 Å². The highest BCUT2D eigenvalue weighted by Gasteiger charge is 2.68. The summed E-state index contributed by atoms with van der Waals surface area (Å²) < 4.78 is 0. The molecule has 168 valence electrons. The number of allylic oxidation sites excluding steroid dienone is 7. The second-order valence-electron chi connectivity index (χ2n) is 12.5. The quantitative estimate of drug-likeness (QED) is 0.456. The van der Waals surface area contributed by atoms with Gasteiger partial charge in [-0.1, -0.05) is 60.4 Å². The molecule has 0 radical (unpaired) electrons. The van der Waals surface area contributed by atoms with Crippen LogP contribution in [-0.4, -0.2) is 10.7 Å². The number of hydrogen-bond acceptors (Lipinski definition) is 1. The van der Waals surface area contributed by atoms with Crippen molar-refractivity contribution < 1.29 is 5.11 Å². The van der Waals surface area contributed by atoms with Gasteiger partial charge in [-0.2, -0.15) is 0 Å².